The maximum atomic E-state index is 12.3. The lowest BCUT2D eigenvalue weighted by atomic mass is 10.2. The summed E-state index contributed by atoms with van der Waals surface area (Å²) in [5, 5.41) is 6.14. The summed E-state index contributed by atoms with van der Waals surface area (Å²) in [4.78, 5) is 28.9. The Kier molecular flexibility index (Phi) is 5.72. The highest BCUT2D eigenvalue weighted by Crippen LogP contribution is 2.28. The quantitative estimate of drug-likeness (QED) is 0.469. The molecule has 1 aromatic heterocycles. The number of thiazole rings is 1. The highest BCUT2D eigenvalue weighted by molar-refractivity contribution is 7.22. The molecule has 4 aromatic rings. The van der Waals surface area contributed by atoms with Crippen LogP contribution in [0.4, 0.5) is 10.8 Å². The highest BCUT2D eigenvalue weighted by atomic mass is 32.1. The van der Waals surface area contributed by atoms with E-state index < -0.39 is 0 Å². The summed E-state index contributed by atoms with van der Waals surface area (Å²) in [6, 6.07) is 21.9. The predicted molar refractivity (Wildman–Crippen MR) is 119 cm³/mol. The maximum absolute atomic E-state index is 12.3. The minimum Gasteiger partial charge on any atom is -0.484 e. The number of carbonyl (C=O) groups is 2. The first-order valence-corrected chi connectivity index (χ1v) is 10.1. The number of carbonyl (C=O) groups excluding carboxylic acids is 2. The van der Waals surface area contributed by atoms with Crippen molar-refractivity contribution >= 4 is 44.2 Å². The molecule has 150 valence electrons. The van der Waals surface area contributed by atoms with E-state index in [1.165, 1.54) is 11.3 Å². The fraction of sp³-hybridized carbons (Fsp3) is 0.0870. The summed E-state index contributed by atoms with van der Waals surface area (Å²) in [6.45, 7) is 1.89. The van der Waals surface area contributed by atoms with Crippen LogP contribution in [0.15, 0.2) is 72.8 Å². The third-order valence-electron chi connectivity index (χ3n) is 4.29. The number of nitrogens with one attached hydrogen (secondary N) is 2. The molecule has 7 heteroatoms. The topological polar surface area (TPSA) is 80.3 Å². The number of aromatic nitrogens is 1. The number of hydrogen-bond acceptors (Lipinski definition) is 5. The van der Waals surface area contributed by atoms with Gasteiger partial charge < -0.3 is 10.1 Å². The lowest BCUT2D eigenvalue weighted by Crippen LogP contribution is -2.20. The van der Waals surface area contributed by atoms with E-state index in [1.807, 2.05) is 55.5 Å². The van der Waals surface area contributed by atoms with Crippen LogP contribution in [0.3, 0.4) is 0 Å². The lowest BCUT2D eigenvalue weighted by molar-refractivity contribution is -0.118. The Bertz CT molecular complexity index is 1200. The van der Waals surface area contributed by atoms with Gasteiger partial charge in [0.25, 0.3) is 11.8 Å². The van der Waals surface area contributed by atoms with Crippen LogP contribution in [0.5, 0.6) is 5.75 Å². The number of aryl methyl sites for hydroxylation is 1. The van der Waals surface area contributed by atoms with E-state index in [9.17, 15) is 9.59 Å². The summed E-state index contributed by atoms with van der Waals surface area (Å²) in [7, 11) is 0. The standard InChI is InChI=1S/C23H19N3O3S/c1-15-6-5-9-18(12-15)29-14-21(27)24-17-10-11-19-20(13-17)30-23(25-19)26-22(28)16-7-3-2-4-8-16/h2-13H,14H2,1H3,(H,24,27)(H,25,26,28). The molecule has 0 aliphatic heterocycles. The van der Waals surface area contributed by atoms with Crippen LogP contribution in [0.2, 0.25) is 0 Å². The van der Waals surface area contributed by atoms with Gasteiger partial charge in [-0.05, 0) is 55.0 Å². The first-order valence-electron chi connectivity index (χ1n) is 9.33. The van der Waals surface area contributed by atoms with Gasteiger partial charge in [0.2, 0.25) is 0 Å². The molecule has 0 spiro atoms. The van der Waals surface area contributed by atoms with Gasteiger partial charge in [-0.25, -0.2) is 4.98 Å². The van der Waals surface area contributed by atoms with Crippen molar-refractivity contribution in [3.8, 4) is 5.75 Å². The molecule has 0 fully saturated rings. The first kappa shape index (κ1) is 19.6. The number of benzene rings is 3. The van der Waals surface area contributed by atoms with Crippen LogP contribution in [0.1, 0.15) is 15.9 Å². The van der Waals surface area contributed by atoms with Crippen molar-refractivity contribution in [3.05, 3.63) is 83.9 Å². The minimum absolute atomic E-state index is 0.0808. The molecule has 0 saturated carbocycles. The molecule has 0 unspecified atom stereocenters. The zero-order chi connectivity index (χ0) is 20.9. The second-order valence-corrected chi connectivity index (χ2v) is 7.71. The van der Waals surface area contributed by atoms with Crippen molar-refractivity contribution in [2.75, 3.05) is 17.2 Å². The average Bonchev–Trinajstić information content (AvgIpc) is 3.14. The van der Waals surface area contributed by atoms with Gasteiger partial charge in [-0.2, -0.15) is 0 Å². The van der Waals surface area contributed by atoms with Crippen molar-refractivity contribution in [2.45, 2.75) is 6.92 Å². The minimum atomic E-state index is -0.252. The molecule has 0 radical (unpaired) electrons. The Labute approximate surface area is 177 Å². The van der Waals surface area contributed by atoms with Gasteiger partial charge >= 0.3 is 0 Å². The molecule has 0 bridgehead atoms. The summed E-state index contributed by atoms with van der Waals surface area (Å²) in [5.74, 6) is 0.191. The van der Waals surface area contributed by atoms with E-state index in [4.69, 9.17) is 4.74 Å². The summed E-state index contributed by atoms with van der Waals surface area (Å²) in [5.41, 5.74) is 3.03. The van der Waals surface area contributed by atoms with Crippen LogP contribution >= 0.6 is 11.3 Å². The Morgan fingerprint density at radius 2 is 1.80 bits per heavy atom. The molecule has 0 saturated heterocycles. The number of hydrogen-bond donors (Lipinski definition) is 2. The molecule has 2 amide bonds. The van der Waals surface area contributed by atoms with Gasteiger partial charge in [-0.1, -0.05) is 41.7 Å². The van der Waals surface area contributed by atoms with Crippen molar-refractivity contribution in [1.82, 2.24) is 4.98 Å². The van der Waals surface area contributed by atoms with E-state index >= 15 is 0 Å². The molecule has 6 nitrogen and oxygen atoms in total. The van der Waals surface area contributed by atoms with Crippen molar-refractivity contribution in [2.24, 2.45) is 0 Å². The summed E-state index contributed by atoms with van der Waals surface area (Å²) in [6.07, 6.45) is 0. The monoisotopic (exact) mass is 417 g/mol. The molecule has 1 heterocycles. The van der Waals surface area contributed by atoms with E-state index in [-0.39, 0.29) is 18.4 Å². The van der Waals surface area contributed by atoms with E-state index in [0.29, 0.717) is 22.1 Å². The van der Waals surface area contributed by atoms with Gasteiger partial charge in [0.05, 0.1) is 10.2 Å². The number of fused-ring (bicyclic) bond motifs is 1. The Morgan fingerprint density at radius 3 is 2.60 bits per heavy atom. The largest absolute Gasteiger partial charge is 0.484 e. The van der Waals surface area contributed by atoms with Crippen LogP contribution < -0.4 is 15.4 Å². The number of anilines is 2. The second-order valence-electron chi connectivity index (χ2n) is 6.68. The maximum Gasteiger partial charge on any atom is 0.262 e. The van der Waals surface area contributed by atoms with Crippen LogP contribution in [0, 0.1) is 6.92 Å². The zero-order valence-corrected chi connectivity index (χ0v) is 17.0. The smallest absolute Gasteiger partial charge is 0.262 e. The van der Waals surface area contributed by atoms with Gasteiger partial charge in [0.1, 0.15) is 5.75 Å². The van der Waals surface area contributed by atoms with Crippen molar-refractivity contribution < 1.29 is 14.3 Å². The number of nitrogens with zero attached hydrogens (tertiary/aromatic N) is 1. The predicted octanol–water partition coefficient (Wildman–Crippen LogP) is 4.87. The average molecular weight is 417 g/mol. The third kappa shape index (κ3) is 4.82. The van der Waals surface area contributed by atoms with E-state index in [0.717, 1.165) is 15.8 Å². The SMILES string of the molecule is Cc1cccc(OCC(=O)Nc2ccc3nc(NC(=O)c4ccccc4)sc3c2)c1. The lowest BCUT2D eigenvalue weighted by Gasteiger charge is -2.08. The molecule has 0 aliphatic rings. The third-order valence-corrected chi connectivity index (χ3v) is 5.22. The Balaban J connectivity index is 1.39. The molecular formula is C23H19N3O3S. The van der Waals surface area contributed by atoms with E-state index in [1.54, 1.807) is 24.3 Å². The fourth-order valence-corrected chi connectivity index (χ4v) is 3.77. The number of rotatable bonds is 6. The van der Waals surface area contributed by atoms with Crippen LogP contribution in [-0.4, -0.2) is 23.4 Å². The van der Waals surface area contributed by atoms with Gasteiger partial charge in [0, 0.05) is 11.3 Å². The first-order chi connectivity index (χ1) is 14.6. The van der Waals surface area contributed by atoms with Crippen LogP contribution in [-0.2, 0) is 4.79 Å². The molecule has 0 atom stereocenters. The Hall–Kier alpha value is -3.71. The molecular weight excluding hydrogens is 398 g/mol. The van der Waals surface area contributed by atoms with Crippen molar-refractivity contribution in [3.63, 3.8) is 0 Å². The summed E-state index contributed by atoms with van der Waals surface area (Å²) >= 11 is 1.35. The van der Waals surface area contributed by atoms with Crippen molar-refractivity contribution in [1.29, 1.82) is 0 Å². The van der Waals surface area contributed by atoms with Gasteiger partial charge in [-0.15, -0.1) is 0 Å². The molecule has 0 aliphatic carbocycles. The molecule has 4 rings (SSSR count). The highest BCUT2D eigenvalue weighted by Gasteiger charge is 2.11. The van der Waals surface area contributed by atoms with E-state index in [2.05, 4.69) is 15.6 Å². The second kappa shape index (κ2) is 8.75. The fourth-order valence-electron chi connectivity index (χ4n) is 2.87. The summed E-state index contributed by atoms with van der Waals surface area (Å²) < 4.78 is 6.39. The Morgan fingerprint density at radius 1 is 0.967 bits per heavy atom. The molecule has 30 heavy (non-hydrogen) atoms. The molecule has 2 N–H and O–H groups in total. The normalized spacial score (nSPS) is 10.6. The van der Waals surface area contributed by atoms with Crippen LogP contribution in [0.25, 0.3) is 10.2 Å². The van der Waals surface area contributed by atoms with Gasteiger partial charge in [0.15, 0.2) is 11.7 Å². The van der Waals surface area contributed by atoms with Gasteiger partial charge in [-0.3, -0.25) is 14.9 Å². The number of amides is 2. The number of ether oxygens (including phenoxy) is 1. The molecule has 3 aromatic carbocycles. The zero-order valence-electron chi connectivity index (χ0n) is 16.2.